The summed E-state index contributed by atoms with van der Waals surface area (Å²) < 4.78 is 9.46. The standard InChI is InChI=1S/C21H21ClN4O2S/c1-2-3-11-25-19(27)17-9-4-5-10-18(17)26-20(25)23-24-21(26)29-13-12-28-16-8-6-7-15(22)14-16/h4-10,14H,2-3,11-13H2,1H3. The van der Waals surface area contributed by atoms with Crippen LogP contribution in [-0.4, -0.2) is 31.5 Å². The third-order valence-corrected chi connectivity index (χ3v) is 5.72. The summed E-state index contributed by atoms with van der Waals surface area (Å²) in [5.41, 5.74) is 0.804. The summed E-state index contributed by atoms with van der Waals surface area (Å²) in [6, 6.07) is 14.9. The second-order valence-corrected chi connectivity index (χ2v) is 8.10. The maximum Gasteiger partial charge on any atom is 0.262 e. The first-order valence-corrected chi connectivity index (χ1v) is 10.9. The lowest BCUT2D eigenvalue weighted by Gasteiger charge is -2.11. The molecule has 0 aliphatic rings. The van der Waals surface area contributed by atoms with Crippen molar-refractivity contribution in [1.82, 2.24) is 19.2 Å². The minimum absolute atomic E-state index is 0.0187. The first-order chi connectivity index (χ1) is 14.2. The second-order valence-electron chi connectivity index (χ2n) is 6.60. The molecule has 0 unspecified atom stereocenters. The molecule has 0 fully saturated rings. The number of hydrogen-bond acceptors (Lipinski definition) is 5. The molecule has 29 heavy (non-hydrogen) atoms. The van der Waals surface area contributed by atoms with Gasteiger partial charge in [-0.25, -0.2) is 0 Å². The Hall–Kier alpha value is -2.51. The van der Waals surface area contributed by atoms with Crippen molar-refractivity contribution in [2.24, 2.45) is 0 Å². The van der Waals surface area contributed by atoms with Crippen LogP contribution in [0.2, 0.25) is 5.02 Å². The quantitative estimate of drug-likeness (QED) is 0.301. The van der Waals surface area contributed by atoms with Crippen LogP contribution < -0.4 is 10.3 Å². The Labute approximate surface area is 177 Å². The van der Waals surface area contributed by atoms with Gasteiger partial charge in [-0.3, -0.25) is 13.8 Å². The molecule has 4 aromatic rings. The van der Waals surface area contributed by atoms with Gasteiger partial charge < -0.3 is 4.74 Å². The Balaban J connectivity index is 1.61. The highest BCUT2D eigenvalue weighted by atomic mass is 35.5. The van der Waals surface area contributed by atoms with Crippen LogP contribution in [-0.2, 0) is 6.54 Å². The van der Waals surface area contributed by atoms with Gasteiger partial charge in [-0.15, -0.1) is 10.2 Å². The molecule has 2 heterocycles. The molecule has 0 saturated heterocycles. The van der Waals surface area contributed by atoms with Crippen molar-refractivity contribution in [3.63, 3.8) is 0 Å². The molecule has 6 nitrogen and oxygen atoms in total. The van der Waals surface area contributed by atoms with Gasteiger partial charge in [0.1, 0.15) is 5.75 Å². The Morgan fingerprint density at radius 3 is 2.83 bits per heavy atom. The highest BCUT2D eigenvalue weighted by Crippen LogP contribution is 2.22. The Kier molecular flexibility index (Phi) is 6.06. The van der Waals surface area contributed by atoms with E-state index < -0.39 is 0 Å². The Morgan fingerprint density at radius 1 is 1.14 bits per heavy atom. The number of unbranched alkanes of at least 4 members (excludes halogenated alkanes) is 1. The van der Waals surface area contributed by atoms with Crippen LogP contribution in [0.15, 0.2) is 58.5 Å². The molecule has 2 aromatic heterocycles. The molecule has 0 atom stereocenters. The first-order valence-electron chi connectivity index (χ1n) is 9.57. The van der Waals surface area contributed by atoms with Gasteiger partial charge in [0, 0.05) is 17.3 Å². The SMILES string of the molecule is CCCCn1c(=O)c2ccccc2n2c(SCCOc3cccc(Cl)c3)nnc12. The van der Waals surface area contributed by atoms with Crippen LogP contribution in [0.1, 0.15) is 19.8 Å². The number of fused-ring (bicyclic) bond motifs is 3. The summed E-state index contributed by atoms with van der Waals surface area (Å²) in [4.78, 5) is 12.9. The number of rotatable bonds is 8. The monoisotopic (exact) mass is 428 g/mol. The van der Waals surface area contributed by atoms with E-state index in [-0.39, 0.29) is 5.56 Å². The van der Waals surface area contributed by atoms with E-state index in [0.717, 1.165) is 29.3 Å². The van der Waals surface area contributed by atoms with E-state index in [1.54, 1.807) is 22.4 Å². The highest BCUT2D eigenvalue weighted by molar-refractivity contribution is 7.99. The molecule has 0 bridgehead atoms. The number of aromatic nitrogens is 4. The molecule has 0 radical (unpaired) electrons. The van der Waals surface area contributed by atoms with Gasteiger partial charge in [-0.2, -0.15) is 0 Å². The summed E-state index contributed by atoms with van der Waals surface area (Å²) in [5.74, 6) is 2.01. The lowest BCUT2D eigenvalue weighted by atomic mass is 10.2. The molecule has 0 amide bonds. The molecular weight excluding hydrogens is 408 g/mol. The van der Waals surface area contributed by atoms with Crippen LogP contribution in [0, 0.1) is 0 Å². The zero-order valence-electron chi connectivity index (χ0n) is 16.0. The van der Waals surface area contributed by atoms with E-state index in [2.05, 4.69) is 17.1 Å². The fourth-order valence-electron chi connectivity index (χ4n) is 3.19. The summed E-state index contributed by atoms with van der Waals surface area (Å²) in [7, 11) is 0. The largest absolute Gasteiger partial charge is 0.493 e. The van der Waals surface area contributed by atoms with E-state index >= 15 is 0 Å². The normalized spacial score (nSPS) is 11.4. The number of benzene rings is 2. The predicted octanol–water partition coefficient (Wildman–Crippen LogP) is 4.67. The van der Waals surface area contributed by atoms with Crippen molar-refractivity contribution in [2.75, 3.05) is 12.4 Å². The van der Waals surface area contributed by atoms with Crippen LogP contribution >= 0.6 is 23.4 Å². The molecule has 0 aliphatic carbocycles. The fraction of sp³-hybridized carbons (Fsp3) is 0.286. The van der Waals surface area contributed by atoms with Crippen molar-refractivity contribution in [1.29, 1.82) is 0 Å². The van der Waals surface area contributed by atoms with Gasteiger partial charge in [0.25, 0.3) is 5.56 Å². The molecule has 0 N–H and O–H groups in total. The highest BCUT2D eigenvalue weighted by Gasteiger charge is 2.16. The average molecular weight is 429 g/mol. The molecule has 2 aromatic carbocycles. The number of thioether (sulfide) groups is 1. The molecule has 0 aliphatic heterocycles. The van der Waals surface area contributed by atoms with Gasteiger partial charge in [0.05, 0.1) is 17.5 Å². The summed E-state index contributed by atoms with van der Waals surface area (Å²) in [6.45, 7) is 3.24. The van der Waals surface area contributed by atoms with E-state index in [4.69, 9.17) is 16.3 Å². The number of aryl methyl sites for hydroxylation is 1. The van der Waals surface area contributed by atoms with Crippen LogP contribution in [0.4, 0.5) is 0 Å². The smallest absolute Gasteiger partial charge is 0.262 e. The minimum Gasteiger partial charge on any atom is -0.493 e. The number of para-hydroxylation sites is 1. The van der Waals surface area contributed by atoms with Crippen molar-refractivity contribution >= 4 is 40.0 Å². The molecule has 4 rings (SSSR count). The van der Waals surface area contributed by atoms with Gasteiger partial charge >= 0.3 is 0 Å². The van der Waals surface area contributed by atoms with Crippen LogP contribution in [0.5, 0.6) is 5.75 Å². The van der Waals surface area contributed by atoms with Crippen molar-refractivity contribution < 1.29 is 4.74 Å². The lowest BCUT2D eigenvalue weighted by Crippen LogP contribution is -2.23. The van der Waals surface area contributed by atoms with Crippen LogP contribution in [0.3, 0.4) is 0 Å². The molecule has 0 spiro atoms. The predicted molar refractivity (Wildman–Crippen MR) is 117 cm³/mol. The topological polar surface area (TPSA) is 61.4 Å². The number of hydrogen-bond donors (Lipinski definition) is 0. The summed E-state index contributed by atoms with van der Waals surface area (Å²) in [6.07, 6.45) is 1.92. The van der Waals surface area contributed by atoms with E-state index in [9.17, 15) is 4.79 Å². The Bertz CT molecular complexity index is 1200. The van der Waals surface area contributed by atoms with E-state index in [0.29, 0.717) is 35.1 Å². The van der Waals surface area contributed by atoms with E-state index in [1.807, 2.05) is 46.9 Å². The zero-order chi connectivity index (χ0) is 20.2. The average Bonchev–Trinajstić information content (AvgIpc) is 3.15. The minimum atomic E-state index is -0.0187. The Morgan fingerprint density at radius 2 is 2.00 bits per heavy atom. The third-order valence-electron chi connectivity index (χ3n) is 4.59. The van der Waals surface area contributed by atoms with Crippen molar-refractivity contribution in [3.05, 3.63) is 63.9 Å². The van der Waals surface area contributed by atoms with Gasteiger partial charge in [-0.1, -0.05) is 54.9 Å². The number of ether oxygens (including phenoxy) is 1. The third kappa shape index (κ3) is 4.11. The van der Waals surface area contributed by atoms with Crippen molar-refractivity contribution in [3.8, 4) is 5.75 Å². The van der Waals surface area contributed by atoms with Gasteiger partial charge in [-0.05, 0) is 36.8 Å². The maximum atomic E-state index is 12.9. The lowest BCUT2D eigenvalue weighted by molar-refractivity contribution is 0.344. The van der Waals surface area contributed by atoms with Crippen molar-refractivity contribution in [2.45, 2.75) is 31.5 Å². The van der Waals surface area contributed by atoms with Gasteiger partial charge in [0.15, 0.2) is 5.16 Å². The zero-order valence-corrected chi connectivity index (χ0v) is 17.6. The molecule has 150 valence electrons. The summed E-state index contributed by atoms with van der Waals surface area (Å²) in [5, 5.41) is 10.8. The fourth-order valence-corrected chi connectivity index (χ4v) is 4.13. The molecular formula is C21H21ClN4O2S. The summed E-state index contributed by atoms with van der Waals surface area (Å²) >= 11 is 7.54. The van der Waals surface area contributed by atoms with E-state index in [1.165, 1.54) is 0 Å². The molecule has 0 saturated carbocycles. The molecule has 8 heteroatoms. The van der Waals surface area contributed by atoms with Crippen LogP contribution in [0.25, 0.3) is 16.7 Å². The first kappa shape index (κ1) is 19.8. The maximum absolute atomic E-state index is 12.9. The number of nitrogens with zero attached hydrogens (tertiary/aromatic N) is 4. The second kappa shape index (κ2) is 8.88. The van der Waals surface area contributed by atoms with Gasteiger partial charge in [0.2, 0.25) is 5.78 Å². The number of halogens is 1.